The van der Waals surface area contributed by atoms with Crippen LogP contribution in [0.2, 0.25) is 0 Å². The first-order valence-electron chi connectivity index (χ1n) is 10.8. The highest BCUT2D eigenvalue weighted by Crippen LogP contribution is 2.34. The second-order valence-corrected chi connectivity index (χ2v) is 13.3. The minimum atomic E-state index is -0.406. The SMILES string of the molecule is CC(C)(C)CC(C)(C)OOC(C)(C)CCC(C)(C)OOC(C)(C)CC(C)(C)C. The van der Waals surface area contributed by atoms with Gasteiger partial charge < -0.3 is 0 Å². The highest BCUT2D eigenvalue weighted by atomic mass is 17.2. The summed E-state index contributed by atoms with van der Waals surface area (Å²) < 4.78 is 0. The Labute approximate surface area is 175 Å². The summed E-state index contributed by atoms with van der Waals surface area (Å²) in [5, 5.41) is 0. The molecule has 0 radical (unpaired) electrons. The van der Waals surface area contributed by atoms with Crippen molar-refractivity contribution in [2.45, 2.75) is 145 Å². The molecule has 0 rings (SSSR count). The van der Waals surface area contributed by atoms with Crippen LogP contribution >= 0.6 is 0 Å². The predicted octanol–water partition coefficient (Wildman–Crippen LogP) is 7.65. The Morgan fingerprint density at radius 2 is 0.571 bits per heavy atom. The van der Waals surface area contributed by atoms with Crippen LogP contribution in [-0.2, 0) is 19.6 Å². The molecule has 0 aliphatic heterocycles. The molecule has 0 N–H and O–H groups in total. The molecule has 0 fully saturated rings. The molecule has 170 valence electrons. The van der Waals surface area contributed by atoms with Gasteiger partial charge in [0.1, 0.15) is 0 Å². The molecule has 0 aromatic rings. The molecule has 4 nitrogen and oxygen atoms in total. The molecule has 0 aromatic heterocycles. The van der Waals surface area contributed by atoms with Gasteiger partial charge in [0, 0.05) is 0 Å². The van der Waals surface area contributed by atoms with Crippen LogP contribution in [0.3, 0.4) is 0 Å². The summed E-state index contributed by atoms with van der Waals surface area (Å²) in [5.41, 5.74) is -1.11. The molecule has 0 aliphatic carbocycles. The molecule has 0 aliphatic rings. The number of hydrogen-bond acceptors (Lipinski definition) is 4. The summed E-state index contributed by atoms with van der Waals surface area (Å²) in [5.74, 6) is 0. The normalized spacial score (nSPS) is 15.2. The fourth-order valence-corrected chi connectivity index (χ4v) is 3.75. The zero-order valence-corrected chi connectivity index (χ0v) is 21.5. The van der Waals surface area contributed by atoms with Crippen LogP contribution in [0.25, 0.3) is 0 Å². The number of rotatable bonds is 11. The third-order valence-electron chi connectivity index (χ3n) is 4.23. The fraction of sp³-hybridized carbons (Fsp3) is 1.00. The van der Waals surface area contributed by atoms with E-state index in [1.54, 1.807) is 0 Å². The summed E-state index contributed by atoms with van der Waals surface area (Å²) >= 11 is 0. The van der Waals surface area contributed by atoms with Crippen LogP contribution < -0.4 is 0 Å². The molecule has 4 heteroatoms. The molecule has 0 aromatic carbocycles. The van der Waals surface area contributed by atoms with Gasteiger partial charge in [-0.25, -0.2) is 19.6 Å². The van der Waals surface area contributed by atoms with Gasteiger partial charge >= 0.3 is 0 Å². The minimum Gasteiger partial charge on any atom is -0.230 e. The Morgan fingerprint density at radius 3 is 0.786 bits per heavy atom. The van der Waals surface area contributed by atoms with Crippen LogP contribution in [0.4, 0.5) is 0 Å². The first-order valence-corrected chi connectivity index (χ1v) is 10.8. The lowest BCUT2D eigenvalue weighted by molar-refractivity contribution is -0.416. The zero-order chi connectivity index (χ0) is 22.7. The average molecular weight is 403 g/mol. The monoisotopic (exact) mass is 402 g/mol. The summed E-state index contributed by atoms with van der Waals surface area (Å²) in [7, 11) is 0. The topological polar surface area (TPSA) is 36.9 Å². The van der Waals surface area contributed by atoms with E-state index in [1.807, 2.05) is 0 Å². The summed E-state index contributed by atoms with van der Waals surface area (Å²) in [4.78, 5) is 23.4. The molecule has 0 amide bonds. The van der Waals surface area contributed by atoms with Crippen molar-refractivity contribution >= 4 is 0 Å². The third kappa shape index (κ3) is 14.8. The smallest absolute Gasteiger partial charge is 0.0985 e. The molecule has 0 atom stereocenters. The van der Waals surface area contributed by atoms with Gasteiger partial charge in [-0.15, -0.1) is 0 Å². The lowest BCUT2D eigenvalue weighted by Crippen LogP contribution is -2.38. The quantitative estimate of drug-likeness (QED) is 0.263. The van der Waals surface area contributed by atoms with Crippen molar-refractivity contribution in [3.05, 3.63) is 0 Å². The van der Waals surface area contributed by atoms with E-state index in [2.05, 4.69) is 96.9 Å². The molecule has 0 saturated carbocycles. The van der Waals surface area contributed by atoms with Crippen LogP contribution in [0.1, 0.15) is 123 Å². The van der Waals surface area contributed by atoms with Crippen molar-refractivity contribution in [2.75, 3.05) is 0 Å². The van der Waals surface area contributed by atoms with Crippen molar-refractivity contribution in [1.82, 2.24) is 0 Å². The van der Waals surface area contributed by atoms with Crippen molar-refractivity contribution < 1.29 is 19.6 Å². The maximum Gasteiger partial charge on any atom is 0.0985 e. The van der Waals surface area contributed by atoms with Crippen LogP contribution in [0.15, 0.2) is 0 Å². The summed E-state index contributed by atoms with van der Waals surface area (Å²) in [6.07, 6.45) is 3.44. The second-order valence-electron chi connectivity index (χ2n) is 13.3. The summed E-state index contributed by atoms with van der Waals surface area (Å²) in [6, 6.07) is 0. The molecule has 28 heavy (non-hydrogen) atoms. The second kappa shape index (κ2) is 9.32. The van der Waals surface area contributed by atoms with Crippen molar-refractivity contribution in [3.63, 3.8) is 0 Å². The van der Waals surface area contributed by atoms with Gasteiger partial charge in [-0.05, 0) is 91.9 Å². The van der Waals surface area contributed by atoms with Crippen molar-refractivity contribution in [2.24, 2.45) is 10.8 Å². The highest BCUT2D eigenvalue weighted by Gasteiger charge is 2.34. The summed E-state index contributed by atoms with van der Waals surface area (Å²) in [6.45, 7) is 29.8. The van der Waals surface area contributed by atoms with Gasteiger partial charge in [-0.3, -0.25) is 0 Å². The molecule has 0 bridgehead atoms. The van der Waals surface area contributed by atoms with E-state index < -0.39 is 11.2 Å². The first kappa shape index (κ1) is 27.8. The third-order valence-corrected chi connectivity index (χ3v) is 4.23. The lowest BCUT2D eigenvalue weighted by Gasteiger charge is -2.37. The zero-order valence-electron chi connectivity index (χ0n) is 21.5. The van der Waals surface area contributed by atoms with Crippen LogP contribution in [-0.4, -0.2) is 22.4 Å². The number of hydrogen-bond donors (Lipinski definition) is 0. The molecule has 0 unspecified atom stereocenters. The van der Waals surface area contributed by atoms with E-state index in [0.717, 1.165) is 25.7 Å². The van der Waals surface area contributed by atoms with Gasteiger partial charge in [0.25, 0.3) is 0 Å². The maximum atomic E-state index is 5.85. The van der Waals surface area contributed by atoms with Gasteiger partial charge in [-0.2, -0.15) is 0 Å². The standard InChI is InChI=1S/C24H50O4/c1-19(2,3)17-23(11,12)27-25-21(7,8)15-16-22(9,10)26-28-24(13,14)18-20(4,5)6/h15-18H2,1-14H3. The Kier molecular flexibility index (Phi) is 9.27. The van der Waals surface area contributed by atoms with E-state index in [-0.39, 0.29) is 22.0 Å². The van der Waals surface area contributed by atoms with E-state index in [0.29, 0.717) is 0 Å². The van der Waals surface area contributed by atoms with Gasteiger partial charge in [0.05, 0.1) is 22.4 Å². The molecule has 0 saturated heterocycles. The van der Waals surface area contributed by atoms with Crippen molar-refractivity contribution in [3.8, 4) is 0 Å². The lowest BCUT2D eigenvalue weighted by atomic mass is 9.84. The largest absolute Gasteiger partial charge is 0.230 e. The molecular weight excluding hydrogens is 352 g/mol. The maximum absolute atomic E-state index is 5.85. The van der Waals surface area contributed by atoms with Crippen molar-refractivity contribution in [1.29, 1.82) is 0 Å². The highest BCUT2D eigenvalue weighted by molar-refractivity contribution is 4.79. The molecule has 0 spiro atoms. The van der Waals surface area contributed by atoms with Gasteiger partial charge in [-0.1, -0.05) is 41.5 Å². The van der Waals surface area contributed by atoms with Gasteiger partial charge in [0.2, 0.25) is 0 Å². The Balaban J connectivity index is 4.58. The molecular formula is C24H50O4. The Hall–Kier alpha value is -0.160. The van der Waals surface area contributed by atoms with Crippen LogP contribution in [0, 0.1) is 10.8 Å². The fourth-order valence-electron chi connectivity index (χ4n) is 3.75. The van der Waals surface area contributed by atoms with E-state index in [4.69, 9.17) is 19.6 Å². The van der Waals surface area contributed by atoms with Crippen LogP contribution in [0.5, 0.6) is 0 Å². The predicted molar refractivity (Wildman–Crippen MR) is 118 cm³/mol. The Bertz CT molecular complexity index is 418. The Morgan fingerprint density at radius 1 is 0.357 bits per heavy atom. The van der Waals surface area contributed by atoms with E-state index >= 15 is 0 Å². The first-order chi connectivity index (χ1) is 12.0. The average Bonchev–Trinajstić information content (AvgIpc) is 2.37. The van der Waals surface area contributed by atoms with Gasteiger partial charge in [0.15, 0.2) is 0 Å². The van der Waals surface area contributed by atoms with E-state index in [9.17, 15) is 0 Å². The molecule has 0 heterocycles. The minimum absolute atomic E-state index is 0.185. The van der Waals surface area contributed by atoms with E-state index in [1.165, 1.54) is 0 Å².